The van der Waals surface area contributed by atoms with Gasteiger partial charge in [0.15, 0.2) is 0 Å². The second-order valence-electron chi connectivity index (χ2n) is 7.87. The molecule has 0 aliphatic carbocycles. The molecule has 2 aliphatic heterocycles. The summed E-state index contributed by atoms with van der Waals surface area (Å²) in [6.07, 6.45) is 4.14. The molecule has 2 fully saturated rings. The van der Waals surface area contributed by atoms with Crippen LogP contribution in [-0.2, 0) is 6.54 Å². The van der Waals surface area contributed by atoms with E-state index in [9.17, 15) is 0 Å². The number of benzene rings is 1. The normalized spacial score (nSPS) is 26.9. The fourth-order valence-corrected chi connectivity index (χ4v) is 4.42. The summed E-state index contributed by atoms with van der Waals surface area (Å²) in [7, 11) is 4.58. The van der Waals surface area contributed by atoms with Crippen molar-refractivity contribution >= 4 is 0 Å². The van der Waals surface area contributed by atoms with Gasteiger partial charge in [0.25, 0.3) is 0 Å². The molecule has 0 N–H and O–H groups in total. The molecule has 1 aromatic rings. The van der Waals surface area contributed by atoms with E-state index in [0.29, 0.717) is 0 Å². The minimum atomic E-state index is 0.844. The van der Waals surface area contributed by atoms with Gasteiger partial charge < -0.3 is 9.80 Å². The predicted octanol–water partition coefficient (Wildman–Crippen LogP) is 2.78. The van der Waals surface area contributed by atoms with Crippen LogP contribution >= 0.6 is 0 Å². The summed E-state index contributed by atoms with van der Waals surface area (Å²) in [5.74, 6) is 1.73. The van der Waals surface area contributed by atoms with Gasteiger partial charge in [0, 0.05) is 32.7 Å². The van der Waals surface area contributed by atoms with Gasteiger partial charge in [0.1, 0.15) is 0 Å². The Kier molecular flexibility index (Phi) is 6.09. The Labute approximate surface area is 142 Å². The van der Waals surface area contributed by atoms with Crippen LogP contribution < -0.4 is 0 Å². The maximum atomic E-state index is 2.65. The van der Waals surface area contributed by atoms with E-state index in [4.69, 9.17) is 0 Å². The van der Waals surface area contributed by atoms with Crippen molar-refractivity contribution in [3.8, 4) is 0 Å². The molecule has 0 aromatic heterocycles. The molecule has 128 valence electrons. The molecule has 3 rings (SSSR count). The number of piperidine rings is 1. The molecule has 0 bridgehead atoms. The fourth-order valence-electron chi connectivity index (χ4n) is 4.42. The molecule has 2 saturated heterocycles. The van der Waals surface area contributed by atoms with E-state index in [2.05, 4.69) is 59.1 Å². The second kappa shape index (κ2) is 8.27. The SMILES string of the molecule is CN1CC[C@H](CN(C)C[C@H]2CCCN(Cc3ccccc3)C2)C1. The zero-order valence-electron chi connectivity index (χ0n) is 15.0. The zero-order valence-corrected chi connectivity index (χ0v) is 15.0. The number of rotatable bonds is 6. The highest BCUT2D eigenvalue weighted by molar-refractivity contribution is 5.14. The minimum Gasteiger partial charge on any atom is -0.306 e. The maximum Gasteiger partial charge on any atom is 0.0233 e. The minimum absolute atomic E-state index is 0.844. The summed E-state index contributed by atoms with van der Waals surface area (Å²) >= 11 is 0. The lowest BCUT2D eigenvalue weighted by atomic mass is 9.96. The van der Waals surface area contributed by atoms with Crippen molar-refractivity contribution in [2.75, 3.05) is 53.4 Å². The third-order valence-corrected chi connectivity index (χ3v) is 5.48. The lowest BCUT2D eigenvalue weighted by Crippen LogP contribution is -2.40. The van der Waals surface area contributed by atoms with E-state index >= 15 is 0 Å². The number of likely N-dealkylation sites (tertiary alicyclic amines) is 2. The highest BCUT2D eigenvalue weighted by Gasteiger charge is 2.24. The Hall–Kier alpha value is -0.900. The number of nitrogens with zero attached hydrogens (tertiary/aromatic N) is 3. The van der Waals surface area contributed by atoms with Crippen LogP contribution in [0.4, 0.5) is 0 Å². The van der Waals surface area contributed by atoms with Crippen molar-refractivity contribution in [1.82, 2.24) is 14.7 Å². The molecule has 0 spiro atoms. The Morgan fingerprint density at radius 2 is 1.74 bits per heavy atom. The lowest BCUT2D eigenvalue weighted by molar-refractivity contribution is 0.132. The van der Waals surface area contributed by atoms with Crippen molar-refractivity contribution in [3.05, 3.63) is 35.9 Å². The van der Waals surface area contributed by atoms with Gasteiger partial charge >= 0.3 is 0 Å². The van der Waals surface area contributed by atoms with Gasteiger partial charge in [-0.05, 0) is 63.8 Å². The van der Waals surface area contributed by atoms with Crippen LogP contribution in [0.2, 0.25) is 0 Å². The molecular formula is C20H33N3. The van der Waals surface area contributed by atoms with Crippen LogP contribution in [0.25, 0.3) is 0 Å². The molecule has 2 aliphatic rings. The molecule has 2 atom stereocenters. The Balaban J connectivity index is 1.43. The van der Waals surface area contributed by atoms with Crippen LogP contribution in [0, 0.1) is 11.8 Å². The first kappa shape index (κ1) is 16.9. The highest BCUT2D eigenvalue weighted by atomic mass is 15.2. The fraction of sp³-hybridized carbons (Fsp3) is 0.700. The molecule has 1 aromatic carbocycles. The first-order valence-electron chi connectivity index (χ1n) is 9.32. The van der Waals surface area contributed by atoms with Crippen molar-refractivity contribution in [2.24, 2.45) is 11.8 Å². The van der Waals surface area contributed by atoms with Gasteiger partial charge in [-0.3, -0.25) is 4.90 Å². The average Bonchev–Trinajstić information content (AvgIpc) is 2.93. The molecule has 0 saturated carbocycles. The first-order valence-corrected chi connectivity index (χ1v) is 9.32. The van der Waals surface area contributed by atoms with E-state index in [0.717, 1.165) is 18.4 Å². The summed E-state index contributed by atoms with van der Waals surface area (Å²) in [6, 6.07) is 10.9. The van der Waals surface area contributed by atoms with E-state index in [1.807, 2.05) is 0 Å². The predicted molar refractivity (Wildman–Crippen MR) is 97.5 cm³/mol. The molecule has 23 heavy (non-hydrogen) atoms. The third kappa shape index (κ3) is 5.30. The van der Waals surface area contributed by atoms with Gasteiger partial charge in [-0.2, -0.15) is 0 Å². The molecule has 3 nitrogen and oxygen atoms in total. The molecule has 0 unspecified atom stereocenters. The number of hydrogen-bond acceptors (Lipinski definition) is 3. The average molecular weight is 316 g/mol. The van der Waals surface area contributed by atoms with Crippen molar-refractivity contribution in [3.63, 3.8) is 0 Å². The lowest BCUT2D eigenvalue weighted by Gasteiger charge is -2.35. The van der Waals surface area contributed by atoms with Crippen LogP contribution in [0.15, 0.2) is 30.3 Å². The summed E-state index contributed by atoms with van der Waals surface area (Å²) in [4.78, 5) is 7.72. The van der Waals surface area contributed by atoms with Gasteiger partial charge in [-0.1, -0.05) is 30.3 Å². The summed E-state index contributed by atoms with van der Waals surface area (Å²) in [5, 5.41) is 0. The van der Waals surface area contributed by atoms with Crippen molar-refractivity contribution < 1.29 is 0 Å². The first-order chi connectivity index (χ1) is 11.2. The Morgan fingerprint density at radius 1 is 1.00 bits per heavy atom. The highest BCUT2D eigenvalue weighted by Crippen LogP contribution is 2.21. The number of hydrogen-bond donors (Lipinski definition) is 0. The van der Waals surface area contributed by atoms with E-state index < -0.39 is 0 Å². The molecular weight excluding hydrogens is 282 g/mol. The topological polar surface area (TPSA) is 9.72 Å². The molecule has 0 radical (unpaired) electrons. The van der Waals surface area contributed by atoms with Crippen LogP contribution in [0.1, 0.15) is 24.8 Å². The van der Waals surface area contributed by atoms with E-state index in [1.54, 1.807) is 0 Å². The standard InChI is InChI=1S/C20H33N3/c1-21-12-10-20(13-21)15-22(2)14-19-9-6-11-23(17-19)16-18-7-4-3-5-8-18/h3-5,7-8,19-20H,6,9-17H2,1-2H3/t19-,20+/m1/s1. The molecule has 3 heteroatoms. The summed E-state index contributed by atoms with van der Waals surface area (Å²) in [6.45, 7) is 8.77. The van der Waals surface area contributed by atoms with Crippen molar-refractivity contribution in [1.29, 1.82) is 0 Å². The van der Waals surface area contributed by atoms with Crippen LogP contribution in [0.3, 0.4) is 0 Å². The van der Waals surface area contributed by atoms with Gasteiger partial charge in [-0.25, -0.2) is 0 Å². The van der Waals surface area contributed by atoms with Gasteiger partial charge in [0.2, 0.25) is 0 Å². The van der Waals surface area contributed by atoms with Crippen LogP contribution in [-0.4, -0.2) is 68.1 Å². The van der Waals surface area contributed by atoms with E-state index in [1.165, 1.54) is 64.1 Å². The quantitative estimate of drug-likeness (QED) is 0.799. The Bertz CT molecular complexity index is 461. The maximum absolute atomic E-state index is 2.65. The van der Waals surface area contributed by atoms with Gasteiger partial charge in [0.05, 0.1) is 0 Å². The van der Waals surface area contributed by atoms with Crippen LogP contribution in [0.5, 0.6) is 0 Å². The summed E-state index contributed by atoms with van der Waals surface area (Å²) < 4.78 is 0. The third-order valence-electron chi connectivity index (χ3n) is 5.48. The second-order valence-corrected chi connectivity index (χ2v) is 7.87. The Morgan fingerprint density at radius 3 is 2.43 bits per heavy atom. The van der Waals surface area contributed by atoms with Gasteiger partial charge in [-0.15, -0.1) is 0 Å². The molecule has 2 heterocycles. The summed E-state index contributed by atoms with van der Waals surface area (Å²) in [5.41, 5.74) is 1.45. The van der Waals surface area contributed by atoms with E-state index in [-0.39, 0.29) is 0 Å². The smallest absolute Gasteiger partial charge is 0.0233 e. The largest absolute Gasteiger partial charge is 0.306 e. The molecule has 0 amide bonds. The van der Waals surface area contributed by atoms with Crippen molar-refractivity contribution in [2.45, 2.75) is 25.8 Å². The zero-order chi connectivity index (χ0) is 16.1. The monoisotopic (exact) mass is 315 g/mol.